The van der Waals surface area contributed by atoms with Gasteiger partial charge in [0.15, 0.2) is 5.82 Å². The third-order valence-corrected chi connectivity index (χ3v) is 3.62. The summed E-state index contributed by atoms with van der Waals surface area (Å²) in [5.41, 5.74) is 2.25. The Kier molecular flexibility index (Phi) is 3.42. The minimum atomic E-state index is 0.855. The maximum atomic E-state index is 4.26. The maximum Gasteiger partial charge on any atom is 0.151 e. The Morgan fingerprint density at radius 2 is 1.94 bits per heavy atom. The Bertz CT molecular complexity index is 356. The molecule has 1 aromatic heterocycles. The van der Waals surface area contributed by atoms with Gasteiger partial charge in [0, 0.05) is 13.6 Å². The van der Waals surface area contributed by atoms with Crippen LogP contribution in [0.2, 0.25) is 0 Å². The van der Waals surface area contributed by atoms with Crippen molar-refractivity contribution < 1.29 is 0 Å². The van der Waals surface area contributed by atoms with Crippen LogP contribution in [0.5, 0.6) is 0 Å². The van der Waals surface area contributed by atoms with Crippen molar-refractivity contribution >= 4 is 5.82 Å². The summed E-state index contributed by atoms with van der Waals surface area (Å²) in [6, 6.07) is 2.14. The number of hydrogen-bond donors (Lipinski definition) is 0. The summed E-state index contributed by atoms with van der Waals surface area (Å²) in [6.45, 7) is 5.22. The first-order valence-electron chi connectivity index (χ1n) is 6.19. The molecule has 0 unspecified atom stereocenters. The number of anilines is 1. The molecule has 0 spiro atoms. The predicted octanol–water partition coefficient (Wildman–Crippen LogP) is 2.72. The van der Waals surface area contributed by atoms with Crippen molar-refractivity contribution in [3.8, 4) is 0 Å². The average Bonchev–Trinajstić information content (AvgIpc) is 2.74. The van der Waals surface area contributed by atoms with E-state index in [2.05, 4.69) is 35.1 Å². The highest BCUT2D eigenvalue weighted by molar-refractivity contribution is 5.39. The van der Waals surface area contributed by atoms with Crippen LogP contribution in [0, 0.1) is 19.8 Å². The molecule has 88 valence electrons. The molecule has 1 fully saturated rings. The molecular formula is C13H21N3. The quantitative estimate of drug-likeness (QED) is 0.782. The molecule has 0 amide bonds. The molecule has 0 saturated heterocycles. The van der Waals surface area contributed by atoms with E-state index in [0.717, 1.165) is 24.0 Å². The molecule has 1 heterocycles. The Labute approximate surface area is 97.9 Å². The van der Waals surface area contributed by atoms with Gasteiger partial charge in [0.05, 0.1) is 5.69 Å². The SMILES string of the molecule is Cc1cc(N(C)CC2CCCC2)nnc1C. The monoisotopic (exact) mass is 219 g/mol. The van der Waals surface area contributed by atoms with E-state index >= 15 is 0 Å². The molecule has 16 heavy (non-hydrogen) atoms. The first kappa shape index (κ1) is 11.4. The van der Waals surface area contributed by atoms with Crippen LogP contribution >= 0.6 is 0 Å². The zero-order chi connectivity index (χ0) is 11.5. The van der Waals surface area contributed by atoms with Gasteiger partial charge in [-0.05, 0) is 44.2 Å². The summed E-state index contributed by atoms with van der Waals surface area (Å²) in [5.74, 6) is 1.86. The van der Waals surface area contributed by atoms with Gasteiger partial charge in [-0.15, -0.1) is 5.10 Å². The molecule has 0 radical (unpaired) electrons. The van der Waals surface area contributed by atoms with E-state index in [9.17, 15) is 0 Å². The molecule has 1 aromatic rings. The molecule has 0 atom stereocenters. The van der Waals surface area contributed by atoms with Crippen molar-refractivity contribution in [2.75, 3.05) is 18.5 Å². The van der Waals surface area contributed by atoms with Gasteiger partial charge in [0.25, 0.3) is 0 Å². The number of nitrogens with zero attached hydrogens (tertiary/aromatic N) is 3. The van der Waals surface area contributed by atoms with E-state index in [1.807, 2.05) is 6.92 Å². The van der Waals surface area contributed by atoms with Gasteiger partial charge in [0.1, 0.15) is 0 Å². The summed E-state index contributed by atoms with van der Waals surface area (Å²) in [6.07, 6.45) is 5.56. The van der Waals surface area contributed by atoms with Gasteiger partial charge in [-0.3, -0.25) is 0 Å². The number of rotatable bonds is 3. The summed E-state index contributed by atoms with van der Waals surface area (Å²) >= 11 is 0. The van der Waals surface area contributed by atoms with Gasteiger partial charge in [-0.25, -0.2) is 0 Å². The van der Waals surface area contributed by atoms with Crippen LogP contribution in [-0.4, -0.2) is 23.8 Å². The molecule has 2 rings (SSSR count). The zero-order valence-corrected chi connectivity index (χ0v) is 10.5. The lowest BCUT2D eigenvalue weighted by Gasteiger charge is -2.21. The summed E-state index contributed by atoms with van der Waals surface area (Å²) in [5, 5.41) is 8.44. The zero-order valence-electron chi connectivity index (χ0n) is 10.5. The fourth-order valence-corrected chi connectivity index (χ4v) is 2.39. The van der Waals surface area contributed by atoms with E-state index in [1.54, 1.807) is 0 Å². The largest absolute Gasteiger partial charge is 0.358 e. The summed E-state index contributed by atoms with van der Waals surface area (Å²) in [4.78, 5) is 2.25. The van der Waals surface area contributed by atoms with Crippen LogP contribution in [0.1, 0.15) is 36.9 Å². The van der Waals surface area contributed by atoms with E-state index in [-0.39, 0.29) is 0 Å². The molecular weight excluding hydrogens is 198 g/mol. The van der Waals surface area contributed by atoms with Gasteiger partial charge in [-0.2, -0.15) is 5.10 Å². The lowest BCUT2D eigenvalue weighted by Crippen LogP contribution is -2.25. The molecule has 1 aliphatic rings. The predicted molar refractivity (Wildman–Crippen MR) is 66.7 cm³/mol. The second-order valence-electron chi connectivity index (χ2n) is 5.00. The fourth-order valence-electron chi connectivity index (χ4n) is 2.39. The summed E-state index contributed by atoms with van der Waals surface area (Å²) < 4.78 is 0. The first-order chi connectivity index (χ1) is 7.66. The molecule has 0 bridgehead atoms. The van der Waals surface area contributed by atoms with Crippen molar-refractivity contribution in [3.63, 3.8) is 0 Å². The van der Waals surface area contributed by atoms with Gasteiger partial charge in [0.2, 0.25) is 0 Å². The fraction of sp³-hybridized carbons (Fsp3) is 0.692. The highest BCUT2D eigenvalue weighted by Crippen LogP contribution is 2.26. The van der Waals surface area contributed by atoms with Crippen molar-refractivity contribution in [1.82, 2.24) is 10.2 Å². The second-order valence-corrected chi connectivity index (χ2v) is 5.00. The third kappa shape index (κ3) is 2.52. The minimum Gasteiger partial charge on any atom is -0.358 e. The topological polar surface area (TPSA) is 29.0 Å². The lowest BCUT2D eigenvalue weighted by molar-refractivity contribution is 0.544. The number of aryl methyl sites for hydroxylation is 2. The van der Waals surface area contributed by atoms with E-state index in [0.29, 0.717) is 0 Å². The molecule has 0 aromatic carbocycles. The molecule has 3 nitrogen and oxygen atoms in total. The van der Waals surface area contributed by atoms with Crippen LogP contribution in [-0.2, 0) is 0 Å². The van der Waals surface area contributed by atoms with Crippen LogP contribution in [0.4, 0.5) is 5.82 Å². The van der Waals surface area contributed by atoms with Crippen molar-refractivity contribution in [1.29, 1.82) is 0 Å². The van der Waals surface area contributed by atoms with Crippen LogP contribution < -0.4 is 4.90 Å². The molecule has 3 heteroatoms. The van der Waals surface area contributed by atoms with Crippen molar-refractivity contribution in [2.24, 2.45) is 5.92 Å². The Balaban J connectivity index is 2.02. The average molecular weight is 219 g/mol. The Morgan fingerprint density at radius 1 is 1.25 bits per heavy atom. The standard InChI is InChI=1S/C13H21N3/c1-10-8-13(15-14-11(10)2)16(3)9-12-6-4-5-7-12/h8,12H,4-7,9H2,1-3H3. The highest BCUT2D eigenvalue weighted by Gasteiger charge is 2.17. The van der Waals surface area contributed by atoms with Crippen LogP contribution in [0.25, 0.3) is 0 Å². The minimum absolute atomic E-state index is 0.855. The molecule has 1 aliphatic carbocycles. The normalized spacial score (nSPS) is 16.7. The summed E-state index contributed by atoms with van der Waals surface area (Å²) in [7, 11) is 2.12. The van der Waals surface area contributed by atoms with Crippen molar-refractivity contribution in [3.05, 3.63) is 17.3 Å². The molecule has 1 saturated carbocycles. The van der Waals surface area contributed by atoms with Crippen LogP contribution in [0.3, 0.4) is 0 Å². The molecule has 0 aliphatic heterocycles. The van der Waals surface area contributed by atoms with Gasteiger partial charge >= 0.3 is 0 Å². The molecule has 0 N–H and O–H groups in total. The van der Waals surface area contributed by atoms with E-state index in [1.165, 1.54) is 31.2 Å². The van der Waals surface area contributed by atoms with E-state index < -0.39 is 0 Å². The Hall–Kier alpha value is -1.12. The van der Waals surface area contributed by atoms with Gasteiger partial charge in [-0.1, -0.05) is 12.8 Å². The van der Waals surface area contributed by atoms with Gasteiger partial charge < -0.3 is 4.90 Å². The number of hydrogen-bond acceptors (Lipinski definition) is 3. The van der Waals surface area contributed by atoms with Crippen LogP contribution in [0.15, 0.2) is 6.07 Å². The first-order valence-corrected chi connectivity index (χ1v) is 6.19. The second kappa shape index (κ2) is 4.81. The Morgan fingerprint density at radius 3 is 2.56 bits per heavy atom. The maximum absolute atomic E-state index is 4.26. The smallest absolute Gasteiger partial charge is 0.151 e. The van der Waals surface area contributed by atoms with E-state index in [4.69, 9.17) is 0 Å². The highest BCUT2D eigenvalue weighted by atomic mass is 15.2. The lowest BCUT2D eigenvalue weighted by atomic mass is 10.1. The van der Waals surface area contributed by atoms with Crippen molar-refractivity contribution in [2.45, 2.75) is 39.5 Å². The third-order valence-electron chi connectivity index (χ3n) is 3.62. The number of aromatic nitrogens is 2.